The first kappa shape index (κ1) is 15.6. The van der Waals surface area contributed by atoms with Crippen LogP contribution in [0.2, 0.25) is 0 Å². The maximum absolute atomic E-state index is 13.2. The third-order valence-electron chi connectivity index (χ3n) is 4.03. The van der Waals surface area contributed by atoms with Crippen LogP contribution in [0.3, 0.4) is 0 Å². The Labute approximate surface area is 133 Å². The van der Waals surface area contributed by atoms with E-state index in [0.29, 0.717) is 13.1 Å². The molecule has 1 aromatic carbocycles. The average molecular weight is 320 g/mol. The van der Waals surface area contributed by atoms with E-state index < -0.39 is 11.6 Å². The van der Waals surface area contributed by atoms with Gasteiger partial charge in [-0.25, -0.2) is 8.78 Å². The lowest BCUT2D eigenvalue weighted by atomic mass is 10.1. The SMILES string of the molecule is O=C(c1ccc(F)c(F)c1)N1CCN(CCn2cccn2)CC1. The molecule has 2 heterocycles. The van der Waals surface area contributed by atoms with E-state index in [-0.39, 0.29) is 11.5 Å². The zero-order valence-corrected chi connectivity index (χ0v) is 12.7. The first-order chi connectivity index (χ1) is 11.1. The summed E-state index contributed by atoms with van der Waals surface area (Å²) in [6.45, 7) is 4.36. The largest absolute Gasteiger partial charge is 0.336 e. The van der Waals surface area contributed by atoms with Crippen molar-refractivity contribution in [2.45, 2.75) is 6.54 Å². The van der Waals surface area contributed by atoms with Crippen molar-refractivity contribution >= 4 is 5.91 Å². The molecule has 1 amide bonds. The second-order valence-electron chi connectivity index (χ2n) is 5.53. The minimum atomic E-state index is -0.992. The van der Waals surface area contributed by atoms with Gasteiger partial charge < -0.3 is 4.90 Å². The number of benzene rings is 1. The van der Waals surface area contributed by atoms with Gasteiger partial charge in [-0.2, -0.15) is 5.10 Å². The van der Waals surface area contributed by atoms with Crippen molar-refractivity contribution in [3.63, 3.8) is 0 Å². The fourth-order valence-electron chi connectivity index (χ4n) is 2.66. The first-order valence-corrected chi connectivity index (χ1v) is 7.57. The molecular formula is C16H18F2N4O. The van der Waals surface area contributed by atoms with Gasteiger partial charge in [0, 0.05) is 50.7 Å². The fraction of sp³-hybridized carbons (Fsp3) is 0.375. The molecule has 7 heteroatoms. The Hall–Kier alpha value is -2.28. The van der Waals surface area contributed by atoms with Gasteiger partial charge in [-0.05, 0) is 24.3 Å². The molecule has 1 aliphatic heterocycles. The predicted octanol–water partition coefficient (Wildman–Crippen LogP) is 1.62. The van der Waals surface area contributed by atoms with E-state index in [4.69, 9.17) is 0 Å². The average Bonchev–Trinajstić information content (AvgIpc) is 3.09. The van der Waals surface area contributed by atoms with Crippen molar-refractivity contribution in [3.8, 4) is 0 Å². The van der Waals surface area contributed by atoms with Crippen LogP contribution in [0.4, 0.5) is 8.78 Å². The normalized spacial score (nSPS) is 15.8. The van der Waals surface area contributed by atoms with E-state index >= 15 is 0 Å². The number of hydrogen-bond donors (Lipinski definition) is 0. The van der Waals surface area contributed by atoms with Gasteiger partial charge in [0.05, 0.1) is 6.54 Å². The summed E-state index contributed by atoms with van der Waals surface area (Å²) in [5.41, 5.74) is 0.189. The molecule has 0 aliphatic carbocycles. The fourth-order valence-corrected chi connectivity index (χ4v) is 2.66. The topological polar surface area (TPSA) is 41.4 Å². The molecule has 1 saturated heterocycles. The predicted molar refractivity (Wildman–Crippen MR) is 80.9 cm³/mol. The van der Waals surface area contributed by atoms with Crippen molar-refractivity contribution in [1.82, 2.24) is 19.6 Å². The molecule has 0 N–H and O–H groups in total. The van der Waals surface area contributed by atoms with Crippen LogP contribution in [0.5, 0.6) is 0 Å². The number of amides is 1. The van der Waals surface area contributed by atoms with E-state index in [9.17, 15) is 13.6 Å². The molecule has 0 unspecified atom stereocenters. The molecule has 2 aromatic rings. The maximum atomic E-state index is 13.2. The molecule has 0 spiro atoms. The molecule has 1 aliphatic rings. The molecule has 3 rings (SSSR count). The minimum absolute atomic E-state index is 0.189. The zero-order valence-electron chi connectivity index (χ0n) is 12.7. The Morgan fingerprint density at radius 3 is 2.52 bits per heavy atom. The molecule has 0 radical (unpaired) electrons. The number of rotatable bonds is 4. The Balaban J connectivity index is 1.51. The monoisotopic (exact) mass is 320 g/mol. The number of piperazine rings is 1. The van der Waals surface area contributed by atoms with Gasteiger partial charge in [0.25, 0.3) is 5.91 Å². The van der Waals surface area contributed by atoms with Gasteiger partial charge in [0.2, 0.25) is 0 Å². The Morgan fingerprint density at radius 2 is 1.87 bits per heavy atom. The van der Waals surface area contributed by atoms with Crippen molar-refractivity contribution < 1.29 is 13.6 Å². The van der Waals surface area contributed by atoms with Gasteiger partial charge in [-0.1, -0.05) is 0 Å². The molecule has 1 aromatic heterocycles. The van der Waals surface area contributed by atoms with Gasteiger partial charge in [-0.15, -0.1) is 0 Å². The summed E-state index contributed by atoms with van der Waals surface area (Å²) < 4.78 is 28.1. The number of nitrogens with zero attached hydrogens (tertiary/aromatic N) is 4. The van der Waals surface area contributed by atoms with Gasteiger partial charge in [0.15, 0.2) is 11.6 Å². The highest BCUT2D eigenvalue weighted by Crippen LogP contribution is 2.13. The molecule has 5 nitrogen and oxygen atoms in total. The highest BCUT2D eigenvalue weighted by Gasteiger charge is 2.22. The second-order valence-corrected chi connectivity index (χ2v) is 5.53. The standard InChI is InChI=1S/C16H18F2N4O/c17-14-3-2-13(12-15(14)18)16(23)21-9-6-20(7-10-21)8-11-22-5-1-4-19-22/h1-5,12H,6-11H2. The molecule has 23 heavy (non-hydrogen) atoms. The van der Waals surface area contributed by atoms with Crippen molar-refractivity contribution in [1.29, 1.82) is 0 Å². The highest BCUT2D eigenvalue weighted by atomic mass is 19.2. The van der Waals surface area contributed by atoms with Crippen LogP contribution < -0.4 is 0 Å². The van der Waals surface area contributed by atoms with Gasteiger partial charge >= 0.3 is 0 Å². The van der Waals surface area contributed by atoms with Crippen molar-refractivity contribution in [2.75, 3.05) is 32.7 Å². The van der Waals surface area contributed by atoms with E-state index in [1.165, 1.54) is 6.07 Å². The highest BCUT2D eigenvalue weighted by molar-refractivity contribution is 5.94. The Morgan fingerprint density at radius 1 is 1.09 bits per heavy atom. The summed E-state index contributed by atoms with van der Waals surface area (Å²) in [4.78, 5) is 16.3. The number of hydrogen-bond acceptors (Lipinski definition) is 3. The summed E-state index contributed by atoms with van der Waals surface area (Å²) in [5, 5.41) is 4.16. The molecule has 0 atom stereocenters. The van der Waals surface area contributed by atoms with Gasteiger partial charge in [0.1, 0.15) is 0 Å². The van der Waals surface area contributed by atoms with E-state index in [0.717, 1.165) is 38.3 Å². The summed E-state index contributed by atoms with van der Waals surface area (Å²) in [5.74, 6) is -2.19. The zero-order chi connectivity index (χ0) is 16.2. The Kier molecular flexibility index (Phi) is 4.66. The van der Waals surface area contributed by atoms with E-state index in [1.54, 1.807) is 11.1 Å². The summed E-state index contributed by atoms with van der Waals surface area (Å²) in [6.07, 6.45) is 3.67. The quantitative estimate of drug-likeness (QED) is 0.860. The number of aromatic nitrogens is 2. The lowest BCUT2D eigenvalue weighted by Crippen LogP contribution is -2.49. The lowest BCUT2D eigenvalue weighted by molar-refractivity contribution is 0.0631. The molecule has 0 saturated carbocycles. The van der Waals surface area contributed by atoms with Crippen molar-refractivity contribution in [2.24, 2.45) is 0 Å². The van der Waals surface area contributed by atoms with Crippen LogP contribution in [-0.4, -0.2) is 58.2 Å². The van der Waals surface area contributed by atoms with Crippen LogP contribution in [0.1, 0.15) is 10.4 Å². The lowest BCUT2D eigenvalue weighted by Gasteiger charge is -2.34. The molecule has 0 bridgehead atoms. The number of carbonyl (C=O) groups excluding carboxylic acids is 1. The molecule has 122 valence electrons. The molecule has 1 fully saturated rings. The first-order valence-electron chi connectivity index (χ1n) is 7.57. The summed E-state index contributed by atoms with van der Waals surface area (Å²) >= 11 is 0. The summed E-state index contributed by atoms with van der Waals surface area (Å²) in [6, 6.07) is 5.16. The summed E-state index contributed by atoms with van der Waals surface area (Å²) in [7, 11) is 0. The van der Waals surface area contributed by atoms with Crippen molar-refractivity contribution in [3.05, 3.63) is 53.9 Å². The van der Waals surface area contributed by atoms with E-state index in [1.807, 2.05) is 16.9 Å². The van der Waals surface area contributed by atoms with Crippen LogP contribution in [-0.2, 0) is 6.54 Å². The third kappa shape index (κ3) is 3.73. The second kappa shape index (κ2) is 6.87. The number of halogens is 2. The van der Waals surface area contributed by atoms with Crippen LogP contribution in [0, 0.1) is 11.6 Å². The van der Waals surface area contributed by atoms with Crippen LogP contribution in [0.15, 0.2) is 36.7 Å². The van der Waals surface area contributed by atoms with Crippen LogP contribution in [0.25, 0.3) is 0 Å². The van der Waals surface area contributed by atoms with E-state index in [2.05, 4.69) is 10.00 Å². The molecular weight excluding hydrogens is 302 g/mol. The minimum Gasteiger partial charge on any atom is -0.336 e. The van der Waals surface area contributed by atoms with Crippen LogP contribution >= 0.6 is 0 Å². The maximum Gasteiger partial charge on any atom is 0.254 e. The number of carbonyl (C=O) groups is 1. The third-order valence-corrected chi connectivity index (χ3v) is 4.03. The Bertz CT molecular complexity index is 667. The van der Waals surface area contributed by atoms with Gasteiger partial charge in [-0.3, -0.25) is 14.4 Å². The smallest absolute Gasteiger partial charge is 0.254 e.